The predicted molar refractivity (Wildman–Crippen MR) is 58.8 cm³/mol. The molecule has 1 aromatic heterocycles. The number of amides is 1. The number of halogens is 1. The number of hydrogen-bond donors (Lipinski definition) is 2. The topological polar surface area (TPSA) is 88.8 Å². The minimum atomic E-state index is -0.876. The highest BCUT2D eigenvalue weighted by Gasteiger charge is 2.11. The molecule has 0 fully saturated rings. The first-order valence-corrected chi connectivity index (χ1v) is 4.73. The Hall–Kier alpha value is -2.50. The van der Waals surface area contributed by atoms with E-state index >= 15 is 0 Å². The third kappa shape index (κ3) is 2.05. The molecule has 0 radical (unpaired) electrons. The molecule has 6 heteroatoms. The van der Waals surface area contributed by atoms with Crippen molar-refractivity contribution in [1.82, 2.24) is 9.97 Å². The molecule has 0 aliphatic rings. The van der Waals surface area contributed by atoms with E-state index in [2.05, 4.69) is 9.97 Å². The van der Waals surface area contributed by atoms with Crippen molar-refractivity contribution in [2.75, 3.05) is 0 Å². The number of nitrogens with one attached hydrogen (secondary N) is 1. The summed E-state index contributed by atoms with van der Waals surface area (Å²) in [5, 5.41) is 0. The fourth-order valence-corrected chi connectivity index (χ4v) is 1.36. The fourth-order valence-electron chi connectivity index (χ4n) is 1.36. The van der Waals surface area contributed by atoms with Crippen LogP contribution in [0.5, 0.6) is 0 Å². The Morgan fingerprint density at radius 1 is 1.35 bits per heavy atom. The molecule has 86 valence electrons. The molecule has 0 aliphatic heterocycles. The normalized spacial score (nSPS) is 10.2. The second-order valence-electron chi connectivity index (χ2n) is 3.32. The molecule has 0 saturated carbocycles. The first kappa shape index (κ1) is 11.0. The summed E-state index contributed by atoms with van der Waals surface area (Å²) in [4.78, 5) is 28.4. The molecule has 0 saturated heterocycles. The highest BCUT2D eigenvalue weighted by Crippen LogP contribution is 2.16. The number of aromatic amines is 1. The lowest BCUT2D eigenvalue weighted by Gasteiger charge is -2.02. The zero-order chi connectivity index (χ0) is 12.4. The average Bonchev–Trinajstić information content (AvgIpc) is 2.29. The number of aromatic nitrogens is 2. The van der Waals surface area contributed by atoms with E-state index in [1.165, 1.54) is 18.2 Å². The van der Waals surface area contributed by atoms with Crippen LogP contribution in [0.25, 0.3) is 11.4 Å². The van der Waals surface area contributed by atoms with E-state index in [1.807, 2.05) is 0 Å². The van der Waals surface area contributed by atoms with Crippen molar-refractivity contribution < 1.29 is 9.18 Å². The van der Waals surface area contributed by atoms with Gasteiger partial charge in [0.15, 0.2) is 0 Å². The van der Waals surface area contributed by atoms with Gasteiger partial charge in [0.1, 0.15) is 17.2 Å². The summed E-state index contributed by atoms with van der Waals surface area (Å²) >= 11 is 0. The summed E-state index contributed by atoms with van der Waals surface area (Å²) in [6, 6.07) is 5.85. The molecule has 5 nitrogen and oxygen atoms in total. The minimum Gasteiger partial charge on any atom is -0.365 e. The maximum Gasteiger partial charge on any atom is 0.264 e. The van der Waals surface area contributed by atoms with Gasteiger partial charge in [0.2, 0.25) is 0 Å². The summed E-state index contributed by atoms with van der Waals surface area (Å²) in [7, 11) is 0. The van der Waals surface area contributed by atoms with Crippen molar-refractivity contribution in [3.05, 3.63) is 52.2 Å². The van der Waals surface area contributed by atoms with Crippen LogP contribution in [-0.2, 0) is 0 Å². The van der Waals surface area contributed by atoms with Crippen LogP contribution in [0.4, 0.5) is 4.39 Å². The van der Waals surface area contributed by atoms with Crippen LogP contribution < -0.4 is 11.3 Å². The first-order chi connectivity index (χ1) is 8.09. The zero-order valence-electron chi connectivity index (χ0n) is 8.61. The van der Waals surface area contributed by atoms with Gasteiger partial charge in [0, 0.05) is 6.20 Å². The molecule has 3 N–H and O–H groups in total. The minimum absolute atomic E-state index is 0.0538. The summed E-state index contributed by atoms with van der Waals surface area (Å²) in [5.74, 6) is -1.33. The summed E-state index contributed by atoms with van der Waals surface area (Å²) in [5.41, 5.74) is 4.17. The number of carbonyl (C=O) groups excluding carboxylic acids is 1. The van der Waals surface area contributed by atoms with Crippen molar-refractivity contribution >= 4 is 5.91 Å². The van der Waals surface area contributed by atoms with Crippen molar-refractivity contribution in [2.45, 2.75) is 0 Å². The van der Waals surface area contributed by atoms with Crippen molar-refractivity contribution in [1.29, 1.82) is 0 Å². The van der Waals surface area contributed by atoms with Crippen LogP contribution in [0.1, 0.15) is 10.4 Å². The summed E-state index contributed by atoms with van der Waals surface area (Å²) < 4.78 is 13.4. The van der Waals surface area contributed by atoms with Gasteiger partial charge < -0.3 is 10.7 Å². The average molecular weight is 233 g/mol. The maximum atomic E-state index is 13.4. The van der Waals surface area contributed by atoms with E-state index in [-0.39, 0.29) is 17.0 Å². The van der Waals surface area contributed by atoms with Gasteiger partial charge in [-0.25, -0.2) is 9.37 Å². The largest absolute Gasteiger partial charge is 0.365 e. The summed E-state index contributed by atoms with van der Waals surface area (Å²) in [6.45, 7) is 0. The van der Waals surface area contributed by atoms with Gasteiger partial charge in [0.25, 0.3) is 11.5 Å². The molecule has 1 heterocycles. The van der Waals surface area contributed by atoms with Crippen LogP contribution in [0.2, 0.25) is 0 Å². The molecule has 1 aromatic carbocycles. The quantitative estimate of drug-likeness (QED) is 0.799. The van der Waals surface area contributed by atoms with Gasteiger partial charge >= 0.3 is 0 Å². The SMILES string of the molecule is NC(=O)c1cnc(-c2ccccc2F)[nH]c1=O. The van der Waals surface area contributed by atoms with E-state index in [4.69, 9.17) is 5.73 Å². The molecular formula is C11H8FN3O2. The Morgan fingerprint density at radius 3 is 2.65 bits per heavy atom. The smallest absolute Gasteiger partial charge is 0.264 e. The van der Waals surface area contributed by atoms with Crippen molar-refractivity contribution in [3.63, 3.8) is 0 Å². The lowest BCUT2D eigenvalue weighted by Crippen LogP contribution is -2.24. The number of nitrogens with zero attached hydrogens (tertiary/aromatic N) is 1. The molecule has 0 atom stereocenters. The molecule has 0 aliphatic carbocycles. The number of H-pyrrole nitrogens is 1. The Bertz CT molecular complexity index is 637. The third-order valence-electron chi connectivity index (χ3n) is 2.19. The number of hydrogen-bond acceptors (Lipinski definition) is 3. The molecule has 0 spiro atoms. The van der Waals surface area contributed by atoms with Crippen LogP contribution in [0, 0.1) is 5.82 Å². The Balaban J connectivity index is 2.57. The highest BCUT2D eigenvalue weighted by molar-refractivity contribution is 5.92. The summed E-state index contributed by atoms with van der Waals surface area (Å²) in [6.07, 6.45) is 1.03. The molecule has 0 unspecified atom stereocenters. The Morgan fingerprint density at radius 2 is 2.06 bits per heavy atom. The maximum absolute atomic E-state index is 13.4. The van der Waals surface area contributed by atoms with Crippen LogP contribution in [0.15, 0.2) is 35.3 Å². The number of rotatable bonds is 2. The van der Waals surface area contributed by atoms with Gasteiger partial charge in [-0.3, -0.25) is 9.59 Å². The van der Waals surface area contributed by atoms with Crippen molar-refractivity contribution in [2.24, 2.45) is 5.73 Å². The highest BCUT2D eigenvalue weighted by atomic mass is 19.1. The molecule has 0 bridgehead atoms. The Labute approximate surface area is 95.1 Å². The van der Waals surface area contributed by atoms with Gasteiger partial charge in [-0.15, -0.1) is 0 Å². The molecule has 1 amide bonds. The lowest BCUT2D eigenvalue weighted by atomic mass is 10.2. The number of carbonyl (C=O) groups is 1. The number of nitrogens with two attached hydrogens (primary N) is 1. The van der Waals surface area contributed by atoms with Gasteiger partial charge in [-0.2, -0.15) is 0 Å². The van der Waals surface area contributed by atoms with Crippen LogP contribution >= 0.6 is 0 Å². The molecular weight excluding hydrogens is 225 g/mol. The first-order valence-electron chi connectivity index (χ1n) is 4.73. The van der Waals surface area contributed by atoms with Crippen LogP contribution in [-0.4, -0.2) is 15.9 Å². The van der Waals surface area contributed by atoms with E-state index in [1.54, 1.807) is 6.07 Å². The second-order valence-corrected chi connectivity index (χ2v) is 3.32. The zero-order valence-corrected chi connectivity index (χ0v) is 8.61. The van der Waals surface area contributed by atoms with Crippen molar-refractivity contribution in [3.8, 4) is 11.4 Å². The fraction of sp³-hybridized carbons (Fsp3) is 0. The van der Waals surface area contributed by atoms with E-state index in [9.17, 15) is 14.0 Å². The van der Waals surface area contributed by atoms with E-state index in [0.717, 1.165) is 6.20 Å². The second kappa shape index (κ2) is 4.17. The Kier molecular flexibility index (Phi) is 2.70. The van der Waals surface area contributed by atoms with E-state index < -0.39 is 17.3 Å². The molecule has 2 aromatic rings. The van der Waals surface area contributed by atoms with Gasteiger partial charge in [-0.05, 0) is 12.1 Å². The standard InChI is InChI=1S/C11H8FN3O2/c12-8-4-2-1-3-6(8)10-14-5-7(9(13)16)11(17)15-10/h1-5H,(H2,13,16)(H,14,15,17). The third-order valence-corrected chi connectivity index (χ3v) is 2.19. The molecule has 2 rings (SSSR count). The van der Waals surface area contributed by atoms with Gasteiger partial charge in [0.05, 0.1) is 5.56 Å². The lowest BCUT2D eigenvalue weighted by molar-refractivity contribution is 0.0998. The monoisotopic (exact) mass is 233 g/mol. The number of primary amides is 1. The van der Waals surface area contributed by atoms with Crippen LogP contribution in [0.3, 0.4) is 0 Å². The predicted octanol–water partition coefficient (Wildman–Crippen LogP) is 0.675. The van der Waals surface area contributed by atoms with E-state index in [0.29, 0.717) is 0 Å². The van der Waals surface area contributed by atoms with Gasteiger partial charge in [-0.1, -0.05) is 12.1 Å². The molecule has 17 heavy (non-hydrogen) atoms. The number of benzene rings is 1.